The maximum atomic E-state index is 11.2. The second-order valence-corrected chi connectivity index (χ2v) is 5.94. The van der Waals surface area contributed by atoms with Crippen molar-refractivity contribution in [3.8, 4) is 11.8 Å². The van der Waals surface area contributed by atoms with Crippen LogP contribution in [0.5, 0.6) is 11.8 Å². The molecule has 0 aliphatic heterocycles. The van der Waals surface area contributed by atoms with Gasteiger partial charge in [0, 0.05) is 35.9 Å². The summed E-state index contributed by atoms with van der Waals surface area (Å²) in [7, 11) is 0. The lowest BCUT2D eigenvalue weighted by molar-refractivity contribution is -0.384. The summed E-state index contributed by atoms with van der Waals surface area (Å²) >= 11 is 3.25. The van der Waals surface area contributed by atoms with Gasteiger partial charge in [-0.15, -0.1) is 0 Å². The summed E-state index contributed by atoms with van der Waals surface area (Å²) < 4.78 is 6.32. The predicted octanol–water partition coefficient (Wildman–Crippen LogP) is 4.39. The van der Waals surface area contributed by atoms with E-state index in [1.165, 1.54) is 6.20 Å². The van der Waals surface area contributed by atoms with Crippen LogP contribution in [0.4, 0.5) is 17.2 Å². The normalized spacial score (nSPS) is 10.3. The highest BCUT2D eigenvalue weighted by molar-refractivity contribution is 9.10. The highest BCUT2D eigenvalue weighted by atomic mass is 79.9. The molecule has 0 aliphatic carbocycles. The van der Waals surface area contributed by atoms with E-state index in [-0.39, 0.29) is 17.5 Å². The van der Waals surface area contributed by atoms with Crippen molar-refractivity contribution in [1.82, 2.24) is 15.0 Å². The molecule has 0 radical (unpaired) electrons. The Bertz CT molecular complexity index is 918. The Balaban J connectivity index is 1.84. The molecule has 0 spiro atoms. The van der Waals surface area contributed by atoms with Crippen molar-refractivity contribution >= 4 is 33.1 Å². The number of benzene rings is 1. The molecule has 8 nitrogen and oxygen atoms in total. The number of rotatable bonds is 5. The minimum Gasteiger partial charge on any atom is -0.424 e. The van der Waals surface area contributed by atoms with Gasteiger partial charge < -0.3 is 10.1 Å². The number of ether oxygens (including phenoxy) is 1. The van der Waals surface area contributed by atoms with Crippen molar-refractivity contribution in [2.45, 2.75) is 6.92 Å². The van der Waals surface area contributed by atoms with Crippen molar-refractivity contribution in [3.05, 3.63) is 69.1 Å². The van der Waals surface area contributed by atoms with E-state index in [4.69, 9.17) is 4.74 Å². The molecule has 9 heteroatoms. The molecule has 2 heterocycles. The number of aryl methyl sites for hydroxylation is 1. The number of nitrogens with zero attached hydrogens (tertiary/aromatic N) is 4. The molecule has 0 fully saturated rings. The Hall–Kier alpha value is -3.07. The zero-order chi connectivity index (χ0) is 17.8. The predicted molar refractivity (Wildman–Crippen MR) is 95.2 cm³/mol. The van der Waals surface area contributed by atoms with Crippen molar-refractivity contribution in [2.75, 3.05) is 5.32 Å². The zero-order valence-corrected chi connectivity index (χ0v) is 14.6. The first kappa shape index (κ1) is 16.8. The SMILES string of the molecule is Cc1ccnc(Nc2cccc(Oc3ncc(Br)cn3)c2)c1[N+](=O)[O-]. The second kappa shape index (κ2) is 7.22. The molecule has 126 valence electrons. The Morgan fingerprint density at radius 1 is 1.20 bits per heavy atom. The van der Waals surface area contributed by atoms with Crippen molar-refractivity contribution in [1.29, 1.82) is 0 Å². The summed E-state index contributed by atoms with van der Waals surface area (Å²) in [4.78, 5) is 22.9. The Morgan fingerprint density at radius 2 is 1.96 bits per heavy atom. The van der Waals surface area contributed by atoms with Crippen LogP contribution in [0.25, 0.3) is 0 Å². The van der Waals surface area contributed by atoms with Gasteiger partial charge in [-0.1, -0.05) is 6.07 Å². The molecular weight excluding hydrogens is 390 g/mol. The fourth-order valence-electron chi connectivity index (χ4n) is 2.10. The Morgan fingerprint density at radius 3 is 2.68 bits per heavy atom. The van der Waals surface area contributed by atoms with E-state index in [1.807, 2.05) is 0 Å². The molecule has 1 aromatic carbocycles. The number of nitrogens with one attached hydrogen (secondary N) is 1. The molecule has 25 heavy (non-hydrogen) atoms. The quantitative estimate of drug-likeness (QED) is 0.499. The van der Waals surface area contributed by atoms with Crippen LogP contribution in [0.2, 0.25) is 0 Å². The van der Waals surface area contributed by atoms with Gasteiger partial charge in [0.2, 0.25) is 5.82 Å². The molecular formula is C16H12BrN5O3. The van der Waals surface area contributed by atoms with Crippen LogP contribution < -0.4 is 10.1 Å². The lowest BCUT2D eigenvalue weighted by Crippen LogP contribution is -2.01. The summed E-state index contributed by atoms with van der Waals surface area (Å²) in [6.07, 6.45) is 4.66. The molecule has 0 saturated carbocycles. The van der Waals surface area contributed by atoms with E-state index in [0.29, 0.717) is 17.0 Å². The molecule has 3 aromatic rings. The average Bonchev–Trinajstić information content (AvgIpc) is 2.57. The number of hydrogen-bond donors (Lipinski definition) is 1. The number of nitro groups is 1. The van der Waals surface area contributed by atoms with Crippen LogP contribution in [-0.2, 0) is 0 Å². The largest absolute Gasteiger partial charge is 0.424 e. The monoisotopic (exact) mass is 401 g/mol. The molecule has 0 bridgehead atoms. The molecule has 3 rings (SSSR count). The van der Waals surface area contributed by atoms with Gasteiger partial charge in [0.05, 0.1) is 9.40 Å². The van der Waals surface area contributed by atoms with Gasteiger partial charge in [-0.3, -0.25) is 10.1 Å². The maximum Gasteiger partial charge on any atom is 0.321 e. The smallest absolute Gasteiger partial charge is 0.321 e. The van der Waals surface area contributed by atoms with Gasteiger partial charge in [0.15, 0.2) is 0 Å². The standard InChI is InChI=1S/C16H12BrN5O3/c1-10-5-6-18-15(14(10)22(23)24)21-12-3-2-4-13(7-12)25-16-19-8-11(17)9-20-16/h2-9H,1H3,(H,18,21). The molecule has 0 atom stereocenters. The second-order valence-electron chi connectivity index (χ2n) is 5.02. The first-order chi connectivity index (χ1) is 12.0. The van der Waals surface area contributed by atoms with Crippen molar-refractivity contribution < 1.29 is 9.66 Å². The number of anilines is 2. The minimum absolute atomic E-state index is 0.0648. The molecule has 1 N–H and O–H groups in total. The van der Waals surface area contributed by atoms with Crippen LogP contribution in [-0.4, -0.2) is 19.9 Å². The van der Waals surface area contributed by atoms with Gasteiger partial charge in [0.1, 0.15) is 5.75 Å². The van der Waals surface area contributed by atoms with Gasteiger partial charge in [-0.25, -0.2) is 15.0 Å². The summed E-state index contributed by atoms with van der Waals surface area (Å²) in [6.45, 7) is 1.66. The average molecular weight is 402 g/mol. The summed E-state index contributed by atoms with van der Waals surface area (Å²) in [5.41, 5.74) is 1.05. The molecule has 0 saturated heterocycles. The summed E-state index contributed by atoms with van der Waals surface area (Å²) in [5.74, 6) is 0.657. The van der Waals surface area contributed by atoms with Gasteiger partial charge in [-0.2, -0.15) is 0 Å². The van der Waals surface area contributed by atoms with Crippen LogP contribution >= 0.6 is 15.9 Å². The lowest BCUT2D eigenvalue weighted by atomic mass is 10.2. The highest BCUT2D eigenvalue weighted by Gasteiger charge is 2.18. The topological polar surface area (TPSA) is 103 Å². The molecule has 0 aliphatic rings. The van der Waals surface area contributed by atoms with Crippen molar-refractivity contribution in [2.24, 2.45) is 0 Å². The van der Waals surface area contributed by atoms with Crippen LogP contribution in [0.1, 0.15) is 5.56 Å². The molecule has 0 unspecified atom stereocenters. The van der Waals surface area contributed by atoms with Crippen molar-refractivity contribution in [3.63, 3.8) is 0 Å². The number of hydrogen-bond acceptors (Lipinski definition) is 7. The van der Waals surface area contributed by atoms with E-state index in [1.54, 1.807) is 49.6 Å². The summed E-state index contributed by atoms with van der Waals surface area (Å²) in [6, 6.07) is 8.70. The van der Waals surface area contributed by atoms with Gasteiger partial charge >= 0.3 is 11.7 Å². The third kappa shape index (κ3) is 4.07. The third-order valence-electron chi connectivity index (χ3n) is 3.21. The number of halogens is 1. The summed E-state index contributed by atoms with van der Waals surface area (Å²) in [5, 5.41) is 14.2. The van der Waals surface area contributed by atoms with Crippen LogP contribution in [0.3, 0.4) is 0 Å². The third-order valence-corrected chi connectivity index (χ3v) is 3.62. The lowest BCUT2D eigenvalue weighted by Gasteiger charge is -2.09. The van der Waals surface area contributed by atoms with E-state index >= 15 is 0 Å². The minimum atomic E-state index is -0.458. The first-order valence-corrected chi connectivity index (χ1v) is 7.95. The maximum absolute atomic E-state index is 11.2. The van der Waals surface area contributed by atoms with Crippen LogP contribution in [0.15, 0.2) is 53.4 Å². The Kier molecular flexibility index (Phi) is 4.85. The van der Waals surface area contributed by atoms with E-state index in [9.17, 15) is 10.1 Å². The number of pyridine rings is 1. The number of aromatic nitrogens is 3. The highest BCUT2D eigenvalue weighted by Crippen LogP contribution is 2.30. The van der Waals surface area contributed by atoms with Gasteiger partial charge in [0.25, 0.3) is 0 Å². The van der Waals surface area contributed by atoms with E-state index < -0.39 is 4.92 Å². The first-order valence-electron chi connectivity index (χ1n) is 7.15. The Labute approximate surface area is 151 Å². The fraction of sp³-hybridized carbons (Fsp3) is 0.0625. The van der Waals surface area contributed by atoms with Crippen LogP contribution in [0, 0.1) is 17.0 Å². The zero-order valence-electron chi connectivity index (χ0n) is 13.0. The van der Waals surface area contributed by atoms with Gasteiger partial charge in [-0.05, 0) is 41.1 Å². The molecule has 0 amide bonds. The van der Waals surface area contributed by atoms with E-state index in [0.717, 1.165) is 4.47 Å². The fourth-order valence-corrected chi connectivity index (χ4v) is 2.31. The molecule has 2 aromatic heterocycles. The van der Waals surface area contributed by atoms with E-state index in [2.05, 4.69) is 36.2 Å².